The molecule has 0 N–H and O–H groups in total. The lowest BCUT2D eigenvalue weighted by Crippen LogP contribution is -2.42. The Labute approximate surface area is 114 Å². The van der Waals surface area contributed by atoms with Crippen LogP contribution in [0.25, 0.3) is 0 Å². The van der Waals surface area contributed by atoms with E-state index >= 15 is 0 Å². The van der Waals surface area contributed by atoms with E-state index in [1.807, 2.05) is 6.07 Å². The maximum absolute atomic E-state index is 13.2. The molecule has 2 rings (SSSR count). The Morgan fingerprint density at radius 2 is 2.26 bits per heavy atom. The van der Waals surface area contributed by atoms with E-state index in [0.717, 1.165) is 38.0 Å². The molecule has 1 heterocycles. The number of hydrogen-bond donors (Lipinski definition) is 0. The first kappa shape index (κ1) is 14.0. The summed E-state index contributed by atoms with van der Waals surface area (Å²) in [6.45, 7) is 2.47. The number of likely N-dealkylation sites (tertiary alicyclic amines) is 1. The number of halogens is 1. The average Bonchev–Trinajstić information content (AvgIpc) is 2.38. The lowest BCUT2D eigenvalue weighted by Gasteiger charge is -2.33. The van der Waals surface area contributed by atoms with Crippen LogP contribution in [0.2, 0.25) is 0 Å². The monoisotopic (exact) mass is 264 g/mol. The molecule has 1 fully saturated rings. The molecule has 1 aliphatic heterocycles. The number of carbonyl (C=O) groups is 1. The predicted octanol–water partition coefficient (Wildman–Crippen LogP) is 2.13. The van der Waals surface area contributed by atoms with Crippen LogP contribution >= 0.6 is 0 Å². The van der Waals surface area contributed by atoms with E-state index < -0.39 is 0 Å². The number of amides is 1. The molecule has 3 nitrogen and oxygen atoms in total. The fourth-order valence-corrected chi connectivity index (χ4v) is 2.66. The molecule has 0 saturated carbocycles. The first-order chi connectivity index (χ1) is 9.06. The molecule has 1 aromatic rings. The van der Waals surface area contributed by atoms with Gasteiger partial charge in [0, 0.05) is 27.2 Å². The van der Waals surface area contributed by atoms with E-state index in [2.05, 4.69) is 4.90 Å². The minimum Gasteiger partial charge on any atom is -0.349 e. The average molecular weight is 264 g/mol. The zero-order chi connectivity index (χ0) is 13.8. The first-order valence-corrected chi connectivity index (χ1v) is 6.74. The number of hydrogen-bond acceptors (Lipinski definition) is 2. The second-order valence-corrected chi connectivity index (χ2v) is 5.44. The molecule has 0 unspecified atom stereocenters. The summed E-state index contributed by atoms with van der Waals surface area (Å²) in [4.78, 5) is 15.9. The van der Waals surface area contributed by atoms with Crippen LogP contribution in [0, 0.1) is 11.7 Å². The number of piperidine rings is 1. The molecular weight excluding hydrogens is 243 g/mol. The molecule has 4 heteroatoms. The number of benzene rings is 1. The molecule has 1 saturated heterocycles. The molecule has 1 aromatic carbocycles. The highest BCUT2D eigenvalue weighted by molar-refractivity contribution is 5.78. The molecular formula is C15H21FN2O. The summed E-state index contributed by atoms with van der Waals surface area (Å²) in [6.07, 6.45) is 1.98. The van der Waals surface area contributed by atoms with Gasteiger partial charge in [-0.25, -0.2) is 4.39 Å². The highest BCUT2D eigenvalue weighted by Crippen LogP contribution is 2.20. The third kappa shape index (κ3) is 3.77. The Hall–Kier alpha value is -1.42. The zero-order valence-electron chi connectivity index (χ0n) is 11.6. The smallest absolute Gasteiger partial charge is 0.226 e. The Bertz CT molecular complexity index is 448. The fraction of sp³-hybridized carbons (Fsp3) is 0.533. The van der Waals surface area contributed by atoms with E-state index in [1.165, 1.54) is 6.07 Å². The molecule has 1 amide bonds. The van der Waals surface area contributed by atoms with E-state index in [0.29, 0.717) is 0 Å². The summed E-state index contributed by atoms with van der Waals surface area (Å²) in [6, 6.07) is 6.69. The summed E-state index contributed by atoms with van der Waals surface area (Å²) < 4.78 is 13.2. The van der Waals surface area contributed by atoms with Crippen molar-refractivity contribution in [3.8, 4) is 0 Å². The van der Waals surface area contributed by atoms with Crippen molar-refractivity contribution in [1.29, 1.82) is 0 Å². The lowest BCUT2D eigenvalue weighted by molar-refractivity contribution is -0.134. The normalized spacial score (nSPS) is 20.3. The number of rotatable bonds is 3. The van der Waals surface area contributed by atoms with Gasteiger partial charge in [-0.2, -0.15) is 0 Å². The van der Waals surface area contributed by atoms with Crippen LogP contribution in [-0.2, 0) is 11.3 Å². The van der Waals surface area contributed by atoms with Gasteiger partial charge in [-0.3, -0.25) is 9.69 Å². The second-order valence-electron chi connectivity index (χ2n) is 5.44. The van der Waals surface area contributed by atoms with Crippen molar-refractivity contribution >= 4 is 5.91 Å². The third-order valence-electron chi connectivity index (χ3n) is 3.59. The Kier molecular flexibility index (Phi) is 4.53. The topological polar surface area (TPSA) is 23.6 Å². The summed E-state index contributed by atoms with van der Waals surface area (Å²) in [5.74, 6) is 0.0803. The van der Waals surface area contributed by atoms with Crippen LogP contribution in [0.4, 0.5) is 4.39 Å². The summed E-state index contributed by atoms with van der Waals surface area (Å²) >= 11 is 0. The molecule has 0 spiro atoms. The lowest BCUT2D eigenvalue weighted by atomic mass is 9.96. The van der Waals surface area contributed by atoms with Crippen molar-refractivity contribution in [1.82, 2.24) is 9.80 Å². The largest absolute Gasteiger partial charge is 0.349 e. The molecule has 1 atom stereocenters. The third-order valence-corrected chi connectivity index (χ3v) is 3.59. The van der Waals surface area contributed by atoms with Gasteiger partial charge in [0.15, 0.2) is 0 Å². The van der Waals surface area contributed by atoms with Crippen molar-refractivity contribution in [3.63, 3.8) is 0 Å². The number of nitrogens with zero attached hydrogens (tertiary/aromatic N) is 2. The fourth-order valence-electron chi connectivity index (χ4n) is 2.66. The van der Waals surface area contributed by atoms with E-state index in [4.69, 9.17) is 0 Å². The molecule has 0 radical (unpaired) electrons. The zero-order valence-corrected chi connectivity index (χ0v) is 11.6. The summed E-state index contributed by atoms with van der Waals surface area (Å²) in [5.41, 5.74) is 0.970. The summed E-state index contributed by atoms with van der Waals surface area (Å²) in [5, 5.41) is 0. The van der Waals surface area contributed by atoms with Crippen LogP contribution in [0.1, 0.15) is 18.4 Å². The van der Waals surface area contributed by atoms with Gasteiger partial charge in [0.25, 0.3) is 0 Å². The SMILES string of the molecule is CN(C)C(=O)[C@@H]1CCCN(Cc2cccc(F)c2)C1. The minimum atomic E-state index is -0.199. The Morgan fingerprint density at radius 1 is 1.47 bits per heavy atom. The molecule has 0 bridgehead atoms. The second kappa shape index (κ2) is 6.15. The van der Waals surface area contributed by atoms with Crippen molar-refractivity contribution < 1.29 is 9.18 Å². The van der Waals surface area contributed by atoms with Crippen LogP contribution in [0.15, 0.2) is 24.3 Å². The van der Waals surface area contributed by atoms with Gasteiger partial charge in [0.1, 0.15) is 5.82 Å². The van der Waals surface area contributed by atoms with Gasteiger partial charge in [-0.15, -0.1) is 0 Å². The van der Waals surface area contributed by atoms with Crippen molar-refractivity contribution in [2.75, 3.05) is 27.2 Å². The maximum atomic E-state index is 13.2. The van der Waals surface area contributed by atoms with Crippen molar-refractivity contribution in [3.05, 3.63) is 35.6 Å². The predicted molar refractivity (Wildman–Crippen MR) is 73.1 cm³/mol. The maximum Gasteiger partial charge on any atom is 0.226 e. The molecule has 1 aliphatic rings. The van der Waals surface area contributed by atoms with Crippen LogP contribution in [-0.4, -0.2) is 42.9 Å². The van der Waals surface area contributed by atoms with Crippen LogP contribution in [0.3, 0.4) is 0 Å². The van der Waals surface area contributed by atoms with Gasteiger partial charge in [0.05, 0.1) is 5.92 Å². The standard InChI is InChI=1S/C15H21FN2O/c1-17(2)15(19)13-6-4-8-18(11-13)10-12-5-3-7-14(16)9-12/h3,5,7,9,13H,4,6,8,10-11H2,1-2H3/t13-/m1/s1. The van der Waals surface area contributed by atoms with E-state index in [9.17, 15) is 9.18 Å². The van der Waals surface area contributed by atoms with Gasteiger partial charge >= 0.3 is 0 Å². The van der Waals surface area contributed by atoms with Crippen molar-refractivity contribution in [2.24, 2.45) is 5.92 Å². The number of carbonyl (C=O) groups excluding carboxylic acids is 1. The van der Waals surface area contributed by atoms with Gasteiger partial charge in [-0.1, -0.05) is 12.1 Å². The van der Waals surface area contributed by atoms with Gasteiger partial charge in [-0.05, 0) is 37.1 Å². The van der Waals surface area contributed by atoms with Gasteiger partial charge in [0.2, 0.25) is 5.91 Å². The van der Waals surface area contributed by atoms with E-state index in [-0.39, 0.29) is 17.6 Å². The Morgan fingerprint density at radius 3 is 2.95 bits per heavy atom. The molecule has 0 aromatic heterocycles. The Balaban J connectivity index is 1.96. The van der Waals surface area contributed by atoms with Crippen LogP contribution < -0.4 is 0 Å². The minimum absolute atomic E-state index is 0.0808. The van der Waals surface area contributed by atoms with Crippen LogP contribution in [0.5, 0.6) is 0 Å². The highest BCUT2D eigenvalue weighted by atomic mass is 19.1. The van der Waals surface area contributed by atoms with Gasteiger partial charge < -0.3 is 4.90 Å². The van der Waals surface area contributed by atoms with E-state index in [1.54, 1.807) is 31.1 Å². The summed E-state index contributed by atoms with van der Waals surface area (Å²) in [7, 11) is 3.60. The molecule has 0 aliphatic carbocycles. The molecule has 19 heavy (non-hydrogen) atoms. The highest BCUT2D eigenvalue weighted by Gasteiger charge is 2.26. The molecule has 104 valence electrons. The quantitative estimate of drug-likeness (QED) is 0.835. The first-order valence-electron chi connectivity index (χ1n) is 6.74. The van der Waals surface area contributed by atoms with Crippen molar-refractivity contribution in [2.45, 2.75) is 19.4 Å².